The minimum Gasteiger partial charge on any atom is -0.336 e. The maximum Gasteiger partial charge on any atom is 0.315 e. The highest BCUT2D eigenvalue weighted by Crippen LogP contribution is 2.28. The Labute approximate surface area is 143 Å². The molecule has 2 amide bonds. The highest BCUT2D eigenvalue weighted by atomic mass is 16.2. The smallest absolute Gasteiger partial charge is 0.315 e. The van der Waals surface area contributed by atoms with E-state index in [0.29, 0.717) is 0 Å². The minimum atomic E-state index is -0.202. The number of hydrogen-bond donors (Lipinski definition) is 2. The fourth-order valence-electron chi connectivity index (χ4n) is 3.03. The normalized spacial score (nSPS) is 14.0. The number of rotatable bonds is 6. The number of amides is 2. The van der Waals surface area contributed by atoms with Crippen LogP contribution < -0.4 is 10.6 Å². The van der Waals surface area contributed by atoms with Gasteiger partial charge in [0.1, 0.15) is 6.33 Å². The van der Waals surface area contributed by atoms with Crippen molar-refractivity contribution in [1.82, 2.24) is 25.4 Å². The Morgan fingerprint density at radius 2 is 1.88 bits per heavy atom. The zero-order chi connectivity index (χ0) is 17.7. The molecule has 2 aromatic rings. The molecule has 0 saturated carbocycles. The number of carbonyl (C=O) groups excluding carboxylic acids is 1. The van der Waals surface area contributed by atoms with Crippen LogP contribution in [0.2, 0.25) is 0 Å². The second-order valence-corrected chi connectivity index (χ2v) is 6.99. The molecule has 0 fully saturated rings. The standard InChI is InChI=1S/C18H27N5O/c1-13(11-18(3,4)15-9-7-6-8-10-15)20-17(24)21-14(2)16-22-19-12-23(16)5/h6-10,12-14H,11H2,1-5H3,(H2,20,21,24). The summed E-state index contributed by atoms with van der Waals surface area (Å²) in [5.41, 5.74) is 1.26. The van der Waals surface area contributed by atoms with Gasteiger partial charge in [0.2, 0.25) is 0 Å². The molecule has 0 saturated heterocycles. The van der Waals surface area contributed by atoms with Crippen LogP contribution in [0, 0.1) is 0 Å². The van der Waals surface area contributed by atoms with E-state index in [2.05, 4.69) is 46.8 Å². The van der Waals surface area contributed by atoms with Crippen LogP contribution >= 0.6 is 0 Å². The van der Waals surface area contributed by atoms with Crippen LogP contribution in [-0.2, 0) is 12.5 Å². The van der Waals surface area contributed by atoms with Gasteiger partial charge in [0.05, 0.1) is 6.04 Å². The number of nitrogens with one attached hydrogen (secondary N) is 2. The van der Waals surface area contributed by atoms with Crippen molar-refractivity contribution in [2.45, 2.75) is 51.6 Å². The van der Waals surface area contributed by atoms with E-state index in [1.54, 1.807) is 10.9 Å². The van der Waals surface area contributed by atoms with Gasteiger partial charge in [0, 0.05) is 13.1 Å². The van der Waals surface area contributed by atoms with E-state index in [9.17, 15) is 4.79 Å². The maximum atomic E-state index is 12.2. The van der Waals surface area contributed by atoms with Crippen molar-refractivity contribution in [2.75, 3.05) is 0 Å². The van der Waals surface area contributed by atoms with Crippen LogP contribution in [-0.4, -0.2) is 26.8 Å². The number of urea groups is 1. The molecule has 1 heterocycles. The average molecular weight is 329 g/mol. The van der Waals surface area contributed by atoms with Gasteiger partial charge in [-0.1, -0.05) is 44.2 Å². The van der Waals surface area contributed by atoms with Gasteiger partial charge in [-0.2, -0.15) is 0 Å². The van der Waals surface area contributed by atoms with Gasteiger partial charge in [-0.15, -0.1) is 10.2 Å². The monoisotopic (exact) mass is 329 g/mol. The molecule has 2 unspecified atom stereocenters. The lowest BCUT2D eigenvalue weighted by Crippen LogP contribution is -2.44. The zero-order valence-electron chi connectivity index (χ0n) is 15.1. The third-order valence-electron chi connectivity index (χ3n) is 4.23. The lowest BCUT2D eigenvalue weighted by molar-refractivity contribution is 0.231. The lowest BCUT2D eigenvalue weighted by Gasteiger charge is -2.29. The average Bonchev–Trinajstić information content (AvgIpc) is 2.93. The summed E-state index contributed by atoms with van der Waals surface area (Å²) in [6, 6.07) is 10.0. The zero-order valence-corrected chi connectivity index (χ0v) is 15.1. The van der Waals surface area contributed by atoms with Gasteiger partial charge in [-0.3, -0.25) is 0 Å². The molecule has 0 radical (unpaired) electrons. The van der Waals surface area contributed by atoms with Crippen molar-refractivity contribution in [1.29, 1.82) is 0 Å². The molecule has 0 spiro atoms. The van der Waals surface area contributed by atoms with Crippen molar-refractivity contribution < 1.29 is 4.79 Å². The largest absolute Gasteiger partial charge is 0.336 e. The number of hydrogen-bond acceptors (Lipinski definition) is 3. The SMILES string of the molecule is CC(CC(C)(C)c1ccccc1)NC(=O)NC(C)c1nncn1C. The molecule has 1 aromatic heterocycles. The molecule has 0 aliphatic heterocycles. The first-order valence-corrected chi connectivity index (χ1v) is 8.26. The van der Waals surface area contributed by atoms with E-state index < -0.39 is 0 Å². The second kappa shape index (κ2) is 7.47. The van der Waals surface area contributed by atoms with Gasteiger partial charge < -0.3 is 15.2 Å². The van der Waals surface area contributed by atoms with Crippen LogP contribution in [0.5, 0.6) is 0 Å². The highest BCUT2D eigenvalue weighted by Gasteiger charge is 2.24. The summed E-state index contributed by atoms with van der Waals surface area (Å²) in [5.74, 6) is 0.724. The van der Waals surface area contributed by atoms with Crippen LogP contribution in [0.25, 0.3) is 0 Å². The Balaban J connectivity index is 1.89. The highest BCUT2D eigenvalue weighted by molar-refractivity contribution is 5.74. The topological polar surface area (TPSA) is 71.8 Å². The maximum absolute atomic E-state index is 12.2. The molecule has 0 aliphatic carbocycles. The predicted octanol–water partition coefficient (Wildman–Crippen LogP) is 2.93. The fourth-order valence-corrected chi connectivity index (χ4v) is 3.03. The first-order chi connectivity index (χ1) is 11.3. The summed E-state index contributed by atoms with van der Waals surface area (Å²) in [4.78, 5) is 12.2. The number of benzene rings is 1. The lowest BCUT2D eigenvalue weighted by atomic mass is 9.79. The summed E-state index contributed by atoms with van der Waals surface area (Å²) in [6.07, 6.45) is 2.47. The Morgan fingerprint density at radius 1 is 1.21 bits per heavy atom. The minimum absolute atomic E-state index is 0.0107. The molecule has 0 bridgehead atoms. The molecule has 1 aromatic carbocycles. The van der Waals surface area contributed by atoms with Crippen molar-refractivity contribution in [3.8, 4) is 0 Å². The molecule has 2 rings (SSSR count). The Hall–Kier alpha value is -2.37. The summed E-state index contributed by atoms with van der Waals surface area (Å²) in [6.45, 7) is 8.31. The molecule has 130 valence electrons. The summed E-state index contributed by atoms with van der Waals surface area (Å²) in [7, 11) is 1.86. The first-order valence-electron chi connectivity index (χ1n) is 8.26. The van der Waals surface area contributed by atoms with Gasteiger partial charge in [0.15, 0.2) is 5.82 Å². The molecule has 24 heavy (non-hydrogen) atoms. The van der Waals surface area contributed by atoms with E-state index in [4.69, 9.17) is 0 Å². The second-order valence-electron chi connectivity index (χ2n) is 6.99. The molecular weight excluding hydrogens is 302 g/mol. The van der Waals surface area contributed by atoms with Crippen molar-refractivity contribution >= 4 is 6.03 Å². The number of aryl methyl sites for hydroxylation is 1. The number of carbonyl (C=O) groups is 1. The quantitative estimate of drug-likeness (QED) is 0.856. The molecular formula is C18H27N5O. The number of nitrogens with zero attached hydrogens (tertiary/aromatic N) is 3. The van der Waals surface area contributed by atoms with Crippen LogP contribution in [0.1, 0.15) is 51.5 Å². The van der Waals surface area contributed by atoms with Crippen molar-refractivity contribution in [3.63, 3.8) is 0 Å². The summed E-state index contributed by atoms with van der Waals surface area (Å²) in [5, 5.41) is 13.8. The number of aromatic nitrogens is 3. The predicted molar refractivity (Wildman–Crippen MR) is 94.6 cm³/mol. The molecule has 2 atom stereocenters. The van der Waals surface area contributed by atoms with Gasteiger partial charge in [-0.05, 0) is 31.2 Å². The fraction of sp³-hybridized carbons (Fsp3) is 0.500. The summed E-state index contributed by atoms with van der Waals surface area (Å²) >= 11 is 0. The van der Waals surface area contributed by atoms with Gasteiger partial charge in [-0.25, -0.2) is 4.79 Å². The van der Waals surface area contributed by atoms with Crippen molar-refractivity contribution in [2.24, 2.45) is 7.05 Å². The van der Waals surface area contributed by atoms with E-state index >= 15 is 0 Å². The third-order valence-corrected chi connectivity index (χ3v) is 4.23. The van der Waals surface area contributed by atoms with Crippen molar-refractivity contribution in [3.05, 3.63) is 48.0 Å². The van der Waals surface area contributed by atoms with E-state index in [-0.39, 0.29) is 23.5 Å². The van der Waals surface area contributed by atoms with Gasteiger partial charge in [0.25, 0.3) is 0 Å². The van der Waals surface area contributed by atoms with Crippen LogP contribution in [0.15, 0.2) is 36.7 Å². The molecule has 6 heteroatoms. The van der Waals surface area contributed by atoms with E-state index in [1.807, 2.05) is 39.1 Å². The third kappa shape index (κ3) is 4.57. The Morgan fingerprint density at radius 3 is 2.46 bits per heavy atom. The van der Waals surface area contributed by atoms with Gasteiger partial charge >= 0.3 is 6.03 Å². The molecule has 0 aliphatic rings. The Kier molecular flexibility index (Phi) is 5.59. The van der Waals surface area contributed by atoms with Crippen LogP contribution in [0.4, 0.5) is 4.79 Å². The van der Waals surface area contributed by atoms with Crippen LogP contribution in [0.3, 0.4) is 0 Å². The molecule has 6 nitrogen and oxygen atoms in total. The first kappa shape index (κ1) is 18.0. The summed E-state index contributed by atoms with van der Waals surface area (Å²) < 4.78 is 1.80. The van der Waals surface area contributed by atoms with E-state index in [1.165, 1.54) is 5.56 Å². The van der Waals surface area contributed by atoms with E-state index in [0.717, 1.165) is 12.2 Å². The Bertz CT molecular complexity index is 665. The molecule has 2 N–H and O–H groups in total.